The van der Waals surface area contributed by atoms with Crippen molar-refractivity contribution in [2.75, 3.05) is 32.0 Å². The SMILES string of the molecule is Nc1ncnc2c1c(-c1cccc(OCC3CCCC3)c1)cn2C1CC(CN2CCC2)C1. The molecule has 0 bridgehead atoms. The number of nitrogens with two attached hydrogens (primary N) is 1. The third-order valence-electron chi connectivity index (χ3n) is 7.81. The van der Waals surface area contributed by atoms with Crippen LogP contribution < -0.4 is 10.5 Å². The minimum Gasteiger partial charge on any atom is -0.493 e. The second-order valence-corrected chi connectivity index (χ2v) is 10.0. The van der Waals surface area contributed by atoms with Crippen LogP contribution in [-0.2, 0) is 0 Å². The van der Waals surface area contributed by atoms with Crippen LogP contribution in [0, 0.1) is 11.8 Å². The Bertz CT molecular complexity index is 1090. The van der Waals surface area contributed by atoms with Gasteiger partial charge in [-0.05, 0) is 74.7 Å². The van der Waals surface area contributed by atoms with Crippen LogP contribution >= 0.6 is 0 Å². The Morgan fingerprint density at radius 2 is 1.88 bits per heavy atom. The Labute approximate surface area is 189 Å². The Hall–Kier alpha value is -2.60. The van der Waals surface area contributed by atoms with Gasteiger partial charge < -0.3 is 19.9 Å². The maximum absolute atomic E-state index is 6.36. The van der Waals surface area contributed by atoms with Crippen molar-refractivity contribution >= 4 is 16.9 Å². The number of ether oxygens (including phenoxy) is 1. The molecule has 2 aliphatic carbocycles. The van der Waals surface area contributed by atoms with E-state index in [1.165, 1.54) is 64.6 Å². The molecule has 3 aromatic rings. The van der Waals surface area contributed by atoms with Crippen LogP contribution in [0.25, 0.3) is 22.2 Å². The first-order valence-electron chi connectivity index (χ1n) is 12.3. The summed E-state index contributed by atoms with van der Waals surface area (Å²) in [5.41, 5.74) is 9.55. The third-order valence-corrected chi connectivity index (χ3v) is 7.81. The average molecular weight is 432 g/mol. The van der Waals surface area contributed by atoms with Crippen molar-refractivity contribution < 1.29 is 4.74 Å². The fourth-order valence-corrected chi connectivity index (χ4v) is 5.76. The number of rotatable bonds is 7. The van der Waals surface area contributed by atoms with E-state index in [4.69, 9.17) is 10.5 Å². The second-order valence-electron chi connectivity index (χ2n) is 10.0. The number of anilines is 1. The Morgan fingerprint density at radius 3 is 2.66 bits per heavy atom. The second kappa shape index (κ2) is 8.39. The van der Waals surface area contributed by atoms with Crippen molar-refractivity contribution in [2.45, 2.75) is 51.0 Å². The molecular weight excluding hydrogens is 398 g/mol. The topological polar surface area (TPSA) is 69.2 Å². The molecule has 32 heavy (non-hydrogen) atoms. The van der Waals surface area contributed by atoms with Crippen LogP contribution in [0.15, 0.2) is 36.8 Å². The molecule has 168 valence electrons. The zero-order valence-corrected chi connectivity index (χ0v) is 18.7. The summed E-state index contributed by atoms with van der Waals surface area (Å²) < 4.78 is 8.52. The highest BCUT2D eigenvalue weighted by molar-refractivity contribution is 6.00. The minimum atomic E-state index is 0.494. The molecular formula is C26H33N5O. The van der Waals surface area contributed by atoms with E-state index >= 15 is 0 Å². The number of benzene rings is 1. The van der Waals surface area contributed by atoms with Crippen molar-refractivity contribution in [1.29, 1.82) is 0 Å². The van der Waals surface area contributed by atoms with Crippen LogP contribution in [0.1, 0.15) is 51.0 Å². The van der Waals surface area contributed by atoms with Gasteiger partial charge in [0, 0.05) is 24.3 Å². The lowest BCUT2D eigenvalue weighted by Gasteiger charge is -2.42. The highest BCUT2D eigenvalue weighted by atomic mass is 16.5. The number of nitrogens with zero attached hydrogens (tertiary/aromatic N) is 4. The molecule has 2 N–H and O–H groups in total. The van der Waals surface area contributed by atoms with Crippen LogP contribution in [0.2, 0.25) is 0 Å². The fourth-order valence-electron chi connectivity index (χ4n) is 5.76. The normalized spacial score (nSPS) is 23.9. The summed E-state index contributed by atoms with van der Waals surface area (Å²) in [5.74, 6) is 2.99. The molecule has 6 rings (SSSR count). The van der Waals surface area contributed by atoms with E-state index in [2.05, 4.69) is 49.9 Å². The number of fused-ring (bicyclic) bond motifs is 1. The Balaban J connectivity index is 1.26. The third kappa shape index (κ3) is 3.75. The lowest BCUT2D eigenvalue weighted by molar-refractivity contribution is 0.0921. The van der Waals surface area contributed by atoms with E-state index < -0.39 is 0 Å². The molecule has 0 unspecified atom stereocenters. The zero-order valence-electron chi connectivity index (χ0n) is 18.7. The summed E-state index contributed by atoms with van der Waals surface area (Å²) >= 11 is 0. The van der Waals surface area contributed by atoms with Crippen LogP contribution in [0.5, 0.6) is 5.75 Å². The van der Waals surface area contributed by atoms with Gasteiger partial charge in [-0.2, -0.15) is 0 Å². The molecule has 0 spiro atoms. The first kappa shape index (κ1) is 20.0. The average Bonchev–Trinajstić information content (AvgIpc) is 3.39. The number of likely N-dealkylation sites (tertiary alicyclic amines) is 1. The van der Waals surface area contributed by atoms with Crippen molar-refractivity contribution in [3.63, 3.8) is 0 Å². The fraction of sp³-hybridized carbons (Fsp3) is 0.538. The van der Waals surface area contributed by atoms with E-state index in [0.29, 0.717) is 17.8 Å². The molecule has 2 saturated carbocycles. The first-order valence-corrected chi connectivity index (χ1v) is 12.3. The van der Waals surface area contributed by atoms with E-state index in [0.717, 1.165) is 40.4 Å². The first-order chi connectivity index (χ1) is 15.7. The molecule has 0 radical (unpaired) electrons. The van der Waals surface area contributed by atoms with Gasteiger partial charge in [-0.15, -0.1) is 0 Å². The van der Waals surface area contributed by atoms with Crippen molar-refractivity contribution in [3.8, 4) is 16.9 Å². The van der Waals surface area contributed by atoms with Crippen LogP contribution in [0.4, 0.5) is 5.82 Å². The lowest BCUT2D eigenvalue weighted by Crippen LogP contribution is -2.43. The predicted molar refractivity (Wildman–Crippen MR) is 128 cm³/mol. The highest BCUT2D eigenvalue weighted by Crippen LogP contribution is 2.43. The monoisotopic (exact) mass is 431 g/mol. The zero-order chi connectivity index (χ0) is 21.5. The Kier molecular flexibility index (Phi) is 5.26. The highest BCUT2D eigenvalue weighted by Gasteiger charge is 2.34. The van der Waals surface area contributed by atoms with Crippen molar-refractivity contribution in [3.05, 3.63) is 36.8 Å². The molecule has 3 aliphatic rings. The molecule has 3 fully saturated rings. The standard InChI is InChI=1S/C26H33N5O/c27-25-24-23(20-7-3-8-22(13-20)32-16-18-5-1-2-6-18)15-31(26(24)29-17-28-25)21-11-19(12-21)14-30-9-4-10-30/h3,7-8,13,15,17-19,21H,1-2,4-6,9-12,14,16H2,(H2,27,28,29). The van der Waals surface area contributed by atoms with Gasteiger partial charge in [0.25, 0.3) is 0 Å². The van der Waals surface area contributed by atoms with Gasteiger partial charge >= 0.3 is 0 Å². The predicted octanol–water partition coefficient (Wildman–Crippen LogP) is 4.91. The number of aromatic nitrogens is 3. The van der Waals surface area contributed by atoms with Crippen molar-refractivity contribution in [1.82, 2.24) is 19.4 Å². The van der Waals surface area contributed by atoms with Gasteiger partial charge in [0.05, 0.1) is 12.0 Å². The molecule has 6 heteroatoms. The summed E-state index contributed by atoms with van der Waals surface area (Å²) in [6, 6.07) is 8.92. The number of hydrogen-bond donors (Lipinski definition) is 1. The molecule has 1 aromatic carbocycles. The van der Waals surface area contributed by atoms with Gasteiger partial charge in [0.15, 0.2) is 0 Å². The van der Waals surface area contributed by atoms with Crippen LogP contribution in [-0.4, -0.2) is 45.7 Å². The van der Waals surface area contributed by atoms with Gasteiger partial charge in [0.1, 0.15) is 23.5 Å². The number of hydrogen-bond acceptors (Lipinski definition) is 5. The largest absolute Gasteiger partial charge is 0.493 e. The van der Waals surface area contributed by atoms with Gasteiger partial charge in [-0.3, -0.25) is 0 Å². The summed E-state index contributed by atoms with van der Waals surface area (Å²) in [5, 5.41) is 0.964. The summed E-state index contributed by atoms with van der Waals surface area (Å²) in [7, 11) is 0. The summed E-state index contributed by atoms with van der Waals surface area (Å²) in [6.45, 7) is 4.62. The van der Waals surface area contributed by atoms with E-state index in [9.17, 15) is 0 Å². The number of nitrogen functional groups attached to an aromatic ring is 1. The molecule has 2 aromatic heterocycles. The molecule has 1 aliphatic heterocycles. The van der Waals surface area contributed by atoms with E-state index in [1.54, 1.807) is 6.33 Å². The van der Waals surface area contributed by atoms with E-state index in [-0.39, 0.29) is 0 Å². The maximum atomic E-state index is 6.36. The molecule has 3 heterocycles. The molecule has 1 saturated heterocycles. The molecule has 0 amide bonds. The smallest absolute Gasteiger partial charge is 0.146 e. The van der Waals surface area contributed by atoms with Gasteiger partial charge in [-0.25, -0.2) is 9.97 Å². The van der Waals surface area contributed by atoms with E-state index in [1.807, 2.05) is 0 Å². The lowest BCUT2D eigenvalue weighted by atomic mass is 9.79. The molecule has 0 atom stereocenters. The quantitative estimate of drug-likeness (QED) is 0.576. The molecule has 6 nitrogen and oxygen atoms in total. The van der Waals surface area contributed by atoms with Gasteiger partial charge in [-0.1, -0.05) is 25.0 Å². The van der Waals surface area contributed by atoms with Crippen molar-refractivity contribution in [2.24, 2.45) is 11.8 Å². The summed E-state index contributed by atoms with van der Waals surface area (Å²) in [4.78, 5) is 11.5. The van der Waals surface area contributed by atoms with Gasteiger partial charge in [0.2, 0.25) is 0 Å². The maximum Gasteiger partial charge on any atom is 0.146 e. The van der Waals surface area contributed by atoms with Crippen LogP contribution in [0.3, 0.4) is 0 Å². The minimum absolute atomic E-state index is 0.494. The summed E-state index contributed by atoms with van der Waals surface area (Å²) in [6.07, 6.45) is 12.9. The Morgan fingerprint density at radius 1 is 1.03 bits per heavy atom.